The van der Waals surface area contributed by atoms with Crippen LogP contribution in [0.25, 0.3) is 0 Å². The van der Waals surface area contributed by atoms with Gasteiger partial charge in [0.25, 0.3) is 0 Å². The molecule has 0 atom stereocenters. The zero-order chi connectivity index (χ0) is 10.2. The molecule has 2 rings (SSSR count). The van der Waals surface area contributed by atoms with E-state index >= 15 is 0 Å². The van der Waals surface area contributed by atoms with Gasteiger partial charge in [-0.15, -0.1) is 0 Å². The van der Waals surface area contributed by atoms with E-state index in [1.165, 1.54) is 6.20 Å². The Balaban J connectivity index is 2.19. The second-order valence-corrected chi connectivity index (χ2v) is 5.29. The number of nitrogens with one attached hydrogen (secondary N) is 2. The molecule has 0 spiro atoms. The quantitative estimate of drug-likeness (QED) is 0.773. The van der Waals surface area contributed by atoms with Crippen LogP contribution < -0.4 is 4.72 Å². The number of rotatable bonds is 3. The molecular formula is C8H13N3O2S. The van der Waals surface area contributed by atoms with E-state index in [0.717, 1.165) is 19.3 Å². The average molecular weight is 215 g/mol. The molecule has 14 heavy (non-hydrogen) atoms. The SMILES string of the molecule is Cc1[nH]ncc1S(=O)(=O)NC1CCC1. The van der Waals surface area contributed by atoms with Gasteiger partial charge in [0.05, 0.1) is 11.9 Å². The fourth-order valence-electron chi connectivity index (χ4n) is 1.42. The van der Waals surface area contributed by atoms with E-state index in [-0.39, 0.29) is 10.9 Å². The molecule has 1 fully saturated rings. The molecule has 6 heteroatoms. The molecule has 1 aliphatic rings. The summed E-state index contributed by atoms with van der Waals surface area (Å²) in [5, 5.41) is 6.31. The van der Waals surface area contributed by atoms with E-state index in [2.05, 4.69) is 14.9 Å². The summed E-state index contributed by atoms with van der Waals surface area (Å²) in [4.78, 5) is 0.254. The molecule has 0 amide bonds. The van der Waals surface area contributed by atoms with Gasteiger partial charge in [0.2, 0.25) is 10.0 Å². The topological polar surface area (TPSA) is 74.8 Å². The van der Waals surface area contributed by atoms with Gasteiger partial charge in [-0.05, 0) is 19.8 Å². The smallest absolute Gasteiger partial charge is 0.244 e. The Bertz CT molecular complexity index is 420. The molecule has 1 heterocycles. The summed E-state index contributed by atoms with van der Waals surface area (Å²) in [5.41, 5.74) is 0.580. The van der Waals surface area contributed by atoms with Crippen molar-refractivity contribution in [2.75, 3.05) is 0 Å². The average Bonchev–Trinajstić information content (AvgIpc) is 2.45. The van der Waals surface area contributed by atoms with Crippen LogP contribution in [0, 0.1) is 6.92 Å². The van der Waals surface area contributed by atoms with Crippen LogP contribution in [0.2, 0.25) is 0 Å². The molecule has 2 N–H and O–H groups in total. The Morgan fingerprint density at radius 3 is 2.71 bits per heavy atom. The molecule has 0 unspecified atom stereocenters. The zero-order valence-corrected chi connectivity index (χ0v) is 8.76. The van der Waals surface area contributed by atoms with Gasteiger partial charge in [-0.25, -0.2) is 13.1 Å². The number of hydrogen-bond donors (Lipinski definition) is 2. The van der Waals surface area contributed by atoms with Crippen molar-refractivity contribution in [3.63, 3.8) is 0 Å². The van der Waals surface area contributed by atoms with Gasteiger partial charge in [-0.3, -0.25) is 5.10 Å². The van der Waals surface area contributed by atoms with Crippen molar-refractivity contribution in [2.45, 2.75) is 37.1 Å². The number of aromatic nitrogens is 2. The first kappa shape index (κ1) is 9.67. The Morgan fingerprint density at radius 2 is 2.29 bits per heavy atom. The summed E-state index contributed by atoms with van der Waals surface area (Å²) < 4.78 is 26.1. The maximum atomic E-state index is 11.7. The predicted molar refractivity (Wildman–Crippen MR) is 51.3 cm³/mol. The van der Waals surface area contributed by atoms with Gasteiger partial charge in [-0.1, -0.05) is 6.42 Å². The molecule has 5 nitrogen and oxygen atoms in total. The highest BCUT2D eigenvalue weighted by atomic mass is 32.2. The van der Waals surface area contributed by atoms with E-state index < -0.39 is 10.0 Å². The highest BCUT2D eigenvalue weighted by molar-refractivity contribution is 7.89. The third-order valence-corrected chi connectivity index (χ3v) is 4.13. The fourth-order valence-corrected chi connectivity index (χ4v) is 2.86. The third-order valence-electron chi connectivity index (χ3n) is 2.50. The Labute approximate surface area is 83.0 Å². The van der Waals surface area contributed by atoms with Crippen LogP contribution in [0.3, 0.4) is 0 Å². The maximum absolute atomic E-state index is 11.7. The minimum absolute atomic E-state index is 0.120. The summed E-state index contributed by atoms with van der Waals surface area (Å²) in [6.07, 6.45) is 4.33. The number of nitrogens with zero attached hydrogens (tertiary/aromatic N) is 1. The highest BCUT2D eigenvalue weighted by Crippen LogP contribution is 2.21. The lowest BCUT2D eigenvalue weighted by molar-refractivity contribution is 0.383. The van der Waals surface area contributed by atoms with Gasteiger partial charge in [0.15, 0.2) is 0 Å². The molecule has 0 radical (unpaired) electrons. The van der Waals surface area contributed by atoms with E-state index in [9.17, 15) is 8.42 Å². The van der Waals surface area contributed by atoms with Crippen molar-refractivity contribution in [1.82, 2.24) is 14.9 Å². The molecule has 0 aliphatic heterocycles. The fraction of sp³-hybridized carbons (Fsp3) is 0.625. The predicted octanol–water partition coefficient (Wildman–Crippen LogP) is 0.549. The molecule has 1 aromatic heterocycles. The number of aromatic amines is 1. The van der Waals surface area contributed by atoms with E-state index in [0.29, 0.717) is 5.69 Å². The summed E-state index contributed by atoms with van der Waals surface area (Å²) >= 11 is 0. The van der Waals surface area contributed by atoms with Crippen LogP contribution in [-0.2, 0) is 10.0 Å². The summed E-state index contributed by atoms with van der Waals surface area (Å²) in [5.74, 6) is 0. The largest absolute Gasteiger partial charge is 0.281 e. The number of hydrogen-bond acceptors (Lipinski definition) is 3. The minimum atomic E-state index is -3.35. The van der Waals surface area contributed by atoms with Crippen molar-refractivity contribution >= 4 is 10.0 Å². The molecule has 1 aliphatic carbocycles. The third kappa shape index (κ3) is 1.67. The van der Waals surface area contributed by atoms with Gasteiger partial charge in [-0.2, -0.15) is 5.10 Å². The highest BCUT2D eigenvalue weighted by Gasteiger charge is 2.26. The van der Waals surface area contributed by atoms with Crippen molar-refractivity contribution in [2.24, 2.45) is 0 Å². The lowest BCUT2D eigenvalue weighted by atomic mass is 9.94. The van der Waals surface area contributed by atoms with Crippen molar-refractivity contribution < 1.29 is 8.42 Å². The van der Waals surface area contributed by atoms with Crippen LogP contribution in [0.1, 0.15) is 25.0 Å². The first-order chi connectivity index (χ1) is 6.59. The molecular weight excluding hydrogens is 202 g/mol. The minimum Gasteiger partial charge on any atom is -0.281 e. The zero-order valence-electron chi connectivity index (χ0n) is 7.95. The first-order valence-electron chi connectivity index (χ1n) is 4.62. The van der Waals surface area contributed by atoms with E-state index in [1.807, 2.05) is 0 Å². The maximum Gasteiger partial charge on any atom is 0.244 e. The standard InChI is InChI=1S/C8H13N3O2S/c1-6-8(5-9-10-6)14(12,13)11-7-3-2-4-7/h5,7,11H,2-4H2,1H3,(H,9,10). The van der Waals surface area contributed by atoms with Crippen molar-refractivity contribution in [1.29, 1.82) is 0 Å². The Morgan fingerprint density at radius 1 is 1.57 bits per heavy atom. The number of sulfonamides is 1. The van der Waals surface area contributed by atoms with Crippen molar-refractivity contribution in [3.8, 4) is 0 Å². The van der Waals surface area contributed by atoms with Crippen LogP contribution in [0.15, 0.2) is 11.1 Å². The van der Waals surface area contributed by atoms with Crippen LogP contribution in [0.4, 0.5) is 0 Å². The van der Waals surface area contributed by atoms with Gasteiger partial charge in [0, 0.05) is 6.04 Å². The number of H-pyrrole nitrogens is 1. The van der Waals surface area contributed by atoms with Gasteiger partial charge >= 0.3 is 0 Å². The first-order valence-corrected chi connectivity index (χ1v) is 6.10. The normalized spacial score (nSPS) is 18.1. The summed E-state index contributed by atoms with van der Waals surface area (Å²) in [7, 11) is -3.35. The van der Waals surface area contributed by atoms with Crippen molar-refractivity contribution in [3.05, 3.63) is 11.9 Å². The Hall–Kier alpha value is -0.880. The molecule has 0 aromatic carbocycles. The molecule has 0 bridgehead atoms. The monoisotopic (exact) mass is 215 g/mol. The van der Waals surface area contributed by atoms with Crippen LogP contribution in [0.5, 0.6) is 0 Å². The van der Waals surface area contributed by atoms with E-state index in [4.69, 9.17) is 0 Å². The summed E-state index contributed by atoms with van der Waals surface area (Å²) in [6, 6.07) is 0.120. The van der Waals surface area contributed by atoms with Gasteiger partial charge in [0.1, 0.15) is 4.90 Å². The van der Waals surface area contributed by atoms with Gasteiger partial charge < -0.3 is 0 Å². The second-order valence-electron chi connectivity index (χ2n) is 3.61. The lowest BCUT2D eigenvalue weighted by Crippen LogP contribution is -2.39. The second kappa shape index (κ2) is 3.36. The molecule has 0 saturated heterocycles. The number of aryl methyl sites for hydroxylation is 1. The van der Waals surface area contributed by atoms with E-state index in [1.54, 1.807) is 6.92 Å². The Kier molecular flexibility index (Phi) is 2.32. The van der Waals surface area contributed by atoms with Crippen LogP contribution in [-0.4, -0.2) is 24.7 Å². The van der Waals surface area contributed by atoms with Crippen LogP contribution >= 0.6 is 0 Å². The molecule has 78 valence electrons. The molecule has 1 aromatic rings. The molecule has 1 saturated carbocycles. The lowest BCUT2D eigenvalue weighted by Gasteiger charge is -2.25. The summed E-state index contributed by atoms with van der Waals surface area (Å²) in [6.45, 7) is 1.70.